The van der Waals surface area contributed by atoms with E-state index in [2.05, 4.69) is 23.5 Å². The van der Waals surface area contributed by atoms with Gasteiger partial charge in [0.05, 0.1) is 11.8 Å². The van der Waals surface area contributed by atoms with Crippen molar-refractivity contribution in [3.05, 3.63) is 100 Å². The molecular weight excluding hydrogens is 417 g/mol. The zero-order valence-electron chi connectivity index (χ0n) is 16.1. The molecule has 3 aromatic rings. The number of hydrazone groups is 1. The lowest BCUT2D eigenvalue weighted by Gasteiger charge is -2.30. The monoisotopic (exact) mass is 435 g/mol. The van der Waals surface area contributed by atoms with Crippen molar-refractivity contribution in [2.75, 3.05) is 5.32 Å². The molecule has 1 N–H and O–H groups in total. The molecule has 2 atom stereocenters. The number of nitrogens with zero attached hydrogens (tertiary/aromatic N) is 2. The van der Waals surface area contributed by atoms with Gasteiger partial charge in [-0.05, 0) is 72.6 Å². The maximum absolute atomic E-state index is 13.6. The standard InChI is InChI=1S/C24H19ClFN3S/c25-17-8-12-19(13-9-17)27-24(30)29-23(16-5-10-18(26)11-6-16)21-14-7-15-3-1-2-4-20(15)22(21)28-29/h1-6,8-13,21,23H,7,14H2,(H,27,30)/t21-,23-/m0/s1. The number of rotatable bonds is 2. The minimum Gasteiger partial charge on any atom is -0.331 e. The van der Waals surface area contributed by atoms with Crippen molar-refractivity contribution < 1.29 is 4.39 Å². The normalized spacial score (nSPS) is 19.7. The summed E-state index contributed by atoms with van der Waals surface area (Å²) >= 11 is 11.8. The molecule has 0 radical (unpaired) electrons. The number of anilines is 1. The van der Waals surface area contributed by atoms with E-state index in [1.165, 1.54) is 23.3 Å². The van der Waals surface area contributed by atoms with Crippen molar-refractivity contribution >= 4 is 40.3 Å². The van der Waals surface area contributed by atoms with E-state index in [0.29, 0.717) is 10.1 Å². The summed E-state index contributed by atoms with van der Waals surface area (Å²) in [5.74, 6) is -0.0596. The number of hydrogen-bond donors (Lipinski definition) is 1. The van der Waals surface area contributed by atoms with Gasteiger partial charge in [0.2, 0.25) is 0 Å². The Balaban J connectivity index is 1.53. The lowest BCUT2D eigenvalue weighted by molar-refractivity contribution is 0.311. The van der Waals surface area contributed by atoms with Crippen LogP contribution < -0.4 is 5.32 Å². The Kier molecular flexibility index (Phi) is 5.01. The molecule has 0 amide bonds. The third-order valence-corrected chi connectivity index (χ3v) is 6.29. The van der Waals surface area contributed by atoms with Gasteiger partial charge in [-0.2, -0.15) is 5.10 Å². The summed E-state index contributed by atoms with van der Waals surface area (Å²) in [4.78, 5) is 0. The van der Waals surface area contributed by atoms with Crippen LogP contribution in [0.5, 0.6) is 0 Å². The molecule has 5 rings (SSSR count). The van der Waals surface area contributed by atoms with Crippen LogP contribution in [0, 0.1) is 11.7 Å². The van der Waals surface area contributed by atoms with E-state index in [1.807, 2.05) is 47.5 Å². The Hall–Kier alpha value is -2.76. The van der Waals surface area contributed by atoms with Crippen LogP contribution in [0.4, 0.5) is 10.1 Å². The molecule has 0 bridgehead atoms. The van der Waals surface area contributed by atoms with Crippen LogP contribution in [0.1, 0.15) is 29.2 Å². The predicted octanol–water partition coefficient (Wildman–Crippen LogP) is 6.20. The highest BCUT2D eigenvalue weighted by molar-refractivity contribution is 7.80. The summed E-state index contributed by atoms with van der Waals surface area (Å²) in [6, 6.07) is 22.4. The van der Waals surface area contributed by atoms with Crippen molar-refractivity contribution in [3.63, 3.8) is 0 Å². The Morgan fingerprint density at radius 3 is 2.53 bits per heavy atom. The van der Waals surface area contributed by atoms with Crippen molar-refractivity contribution in [2.24, 2.45) is 11.0 Å². The minimum absolute atomic E-state index is 0.0822. The summed E-state index contributed by atoms with van der Waals surface area (Å²) in [5, 5.41) is 11.3. The molecule has 2 aliphatic rings. The molecule has 0 saturated carbocycles. The predicted molar refractivity (Wildman–Crippen MR) is 123 cm³/mol. The molecule has 1 heterocycles. The Morgan fingerprint density at radius 1 is 1.03 bits per heavy atom. The van der Waals surface area contributed by atoms with Gasteiger partial charge in [-0.15, -0.1) is 0 Å². The molecule has 0 fully saturated rings. The first-order valence-electron chi connectivity index (χ1n) is 9.88. The van der Waals surface area contributed by atoms with Crippen molar-refractivity contribution in [1.82, 2.24) is 5.01 Å². The molecule has 0 saturated heterocycles. The molecular formula is C24H19ClFN3S. The van der Waals surface area contributed by atoms with Crippen LogP contribution in [0.25, 0.3) is 0 Å². The summed E-state index contributed by atoms with van der Waals surface area (Å²) in [6.45, 7) is 0. The topological polar surface area (TPSA) is 27.6 Å². The van der Waals surface area contributed by atoms with E-state index in [1.54, 1.807) is 0 Å². The van der Waals surface area contributed by atoms with Crippen molar-refractivity contribution in [1.29, 1.82) is 0 Å². The van der Waals surface area contributed by atoms with E-state index < -0.39 is 0 Å². The molecule has 6 heteroatoms. The highest BCUT2D eigenvalue weighted by Gasteiger charge is 2.42. The highest BCUT2D eigenvalue weighted by atomic mass is 35.5. The van der Waals surface area contributed by atoms with E-state index in [9.17, 15) is 4.39 Å². The third-order valence-electron chi connectivity index (χ3n) is 5.74. The maximum Gasteiger partial charge on any atom is 0.194 e. The highest BCUT2D eigenvalue weighted by Crippen LogP contribution is 2.43. The number of nitrogens with one attached hydrogen (secondary N) is 1. The fourth-order valence-corrected chi connectivity index (χ4v) is 4.74. The Labute approximate surface area is 185 Å². The molecule has 150 valence electrons. The van der Waals surface area contributed by atoms with Crippen LogP contribution in [-0.4, -0.2) is 15.8 Å². The second-order valence-corrected chi connectivity index (χ2v) is 8.39. The number of thiocarbonyl (C=S) groups is 1. The van der Waals surface area contributed by atoms with E-state index in [0.717, 1.165) is 29.8 Å². The maximum atomic E-state index is 13.6. The zero-order valence-corrected chi connectivity index (χ0v) is 17.6. The molecule has 0 unspecified atom stereocenters. The van der Waals surface area contributed by atoms with Gasteiger partial charge in [-0.1, -0.05) is 48.0 Å². The summed E-state index contributed by atoms with van der Waals surface area (Å²) in [7, 11) is 0. The number of halogens is 2. The smallest absolute Gasteiger partial charge is 0.194 e. The first-order valence-corrected chi connectivity index (χ1v) is 10.7. The summed E-state index contributed by atoms with van der Waals surface area (Å²) in [5.41, 5.74) is 5.38. The molecule has 1 aliphatic heterocycles. The molecule has 0 spiro atoms. The van der Waals surface area contributed by atoms with Crippen LogP contribution in [0.3, 0.4) is 0 Å². The van der Waals surface area contributed by atoms with Crippen LogP contribution >= 0.6 is 23.8 Å². The lowest BCUT2D eigenvalue weighted by atomic mass is 9.77. The number of fused-ring (bicyclic) bond motifs is 3. The van der Waals surface area contributed by atoms with Gasteiger partial charge in [-0.3, -0.25) is 0 Å². The molecule has 3 nitrogen and oxygen atoms in total. The fourth-order valence-electron chi connectivity index (χ4n) is 4.34. The molecule has 3 aromatic carbocycles. The second kappa shape index (κ2) is 7.82. The second-order valence-electron chi connectivity index (χ2n) is 7.57. The number of hydrogen-bond acceptors (Lipinski definition) is 2. The van der Waals surface area contributed by atoms with Gasteiger partial charge in [0.15, 0.2) is 5.11 Å². The molecule has 0 aromatic heterocycles. The SMILES string of the molecule is Fc1ccc([C@H]2[C@H]3CCc4ccccc4C3=NN2C(=S)Nc2ccc(Cl)cc2)cc1. The minimum atomic E-state index is -0.250. The van der Waals surface area contributed by atoms with Gasteiger partial charge in [0.25, 0.3) is 0 Å². The Morgan fingerprint density at radius 2 is 1.77 bits per heavy atom. The van der Waals surface area contributed by atoms with Gasteiger partial charge in [0.1, 0.15) is 5.82 Å². The van der Waals surface area contributed by atoms with Gasteiger partial charge >= 0.3 is 0 Å². The number of benzene rings is 3. The van der Waals surface area contributed by atoms with Gasteiger partial charge in [0, 0.05) is 22.2 Å². The Bertz CT molecular complexity index is 1130. The van der Waals surface area contributed by atoms with Gasteiger partial charge < -0.3 is 5.32 Å². The first kappa shape index (κ1) is 19.2. The van der Waals surface area contributed by atoms with E-state index in [4.69, 9.17) is 28.9 Å². The largest absolute Gasteiger partial charge is 0.331 e. The molecule has 1 aliphatic carbocycles. The van der Waals surface area contributed by atoms with Gasteiger partial charge in [-0.25, -0.2) is 9.40 Å². The van der Waals surface area contributed by atoms with Crippen LogP contribution in [0.15, 0.2) is 77.9 Å². The van der Waals surface area contributed by atoms with E-state index >= 15 is 0 Å². The van der Waals surface area contributed by atoms with Crippen molar-refractivity contribution in [3.8, 4) is 0 Å². The first-order chi connectivity index (χ1) is 14.6. The average molecular weight is 436 g/mol. The third kappa shape index (κ3) is 3.48. The van der Waals surface area contributed by atoms with Crippen LogP contribution in [0.2, 0.25) is 5.02 Å². The van der Waals surface area contributed by atoms with Crippen LogP contribution in [-0.2, 0) is 6.42 Å². The fraction of sp³-hybridized carbons (Fsp3) is 0.167. The molecule has 30 heavy (non-hydrogen) atoms. The van der Waals surface area contributed by atoms with E-state index in [-0.39, 0.29) is 17.8 Å². The quantitative estimate of drug-likeness (QED) is 0.485. The summed E-state index contributed by atoms with van der Waals surface area (Å²) < 4.78 is 13.6. The van der Waals surface area contributed by atoms with Crippen molar-refractivity contribution in [2.45, 2.75) is 18.9 Å². The number of aryl methyl sites for hydroxylation is 1. The average Bonchev–Trinajstić information content (AvgIpc) is 3.16. The lowest BCUT2D eigenvalue weighted by Crippen LogP contribution is -2.34. The summed E-state index contributed by atoms with van der Waals surface area (Å²) in [6.07, 6.45) is 1.96. The zero-order chi connectivity index (χ0) is 20.7.